The van der Waals surface area contributed by atoms with Gasteiger partial charge in [-0.15, -0.1) is 0 Å². The average Bonchev–Trinajstić information content (AvgIpc) is 3.64. The van der Waals surface area contributed by atoms with Crippen molar-refractivity contribution in [1.82, 2.24) is 14.8 Å². The molecular weight excluding hydrogens is 616 g/mol. The van der Waals surface area contributed by atoms with Crippen molar-refractivity contribution in [3.63, 3.8) is 0 Å². The predicted octanol–water partition coefficient (Wildman–Crippen LogP) is 7.40. The van der Waals surface area contributed by atoms with Gasteiger partial charge in [-0.25, -0.2) is 4.79 Å². The quantitative estimate of drug-likeness (QED) is 0.178. The van der Waals surface area contributed by atoms with Crippen molar-refractivity contribution in [3.8, 4) is 16.9 Å². The number of benzene rings is 3. The van der Waals surface area contributed by atoms with Crippen molar-refractivity contribution in [3.05, 3.63) is 78.1 Å². The number of aromatic nitrogens is 1. The Morgan fingerprint density at radius 2 is 1.43 bits per heavy atom. The zero-order valence-electron chi connectivity index (χ0n) is 28.9. The van der Waals surface area contributed by atoms with E-state index in [4.69, 9.17) is 9.72 Å². The minimum absolute atomic E-state index is 0.252. The number of carbonyl (C=O) groups excluding carboxylic acids is 3. The highest BCUT2D eigenvalue weighted by Gasteiger charge is 2.27. The summed E-state index contributed by atoms with van der Waals surface area (Å²) in [5.41, 5.74) is 4.95. The van der Waals surface area contributed by atoms with Gasteiger partial charge in [-0.05, 0) is 85.0 Å². The summed E-state index contributed by atoms with van der Waals surface area (Å²) in [4.78, 5) is 48.2. The molecule has 0 unspecified atom stereocenters. The fraction of sp³-hybridized carbons (Fsp3) is 0.385. The predicted molar refractivity (Wildman–Crippen MR) is 195 cm³/mol. The fourth-order valence-electron chi connectivity index (χ4n) is 6.67. The van der Waals surface area contributed by atoms with Gasteiger partial charge in [0.2, 0.25) is 0 Å². The molecule has 4 amide bonds. The van der Waals surface area contributed by atoms with Gasteiger partial charge in [0.15, 0.2) is 5.75 Å². The zero-order valence-corrected chi connectivity index (χ0v) is 28.9. The van der Waals surface area contributed by atoms with E-state index in [1.165, 1.54) is 26.4 Å². The van der Waals surface area contributed by atoms with Crippen LogP contribution in [-0.2, 0) is 21.5 Å². The Hall–Kier alpha value is -4.96. The number of pyridine rings is 1. The Balaban J connectivity index is 1.23. The van der Waals surface area contributed by atoms with E-state index in [0.29, 0.717) is 30.2 Å². The number of nitrogens with one attached hydrogen (secondary N) is 3. The molecule has 10 heteroatoms. The summed E-state index contributed by atoms with van der Waals surface area (Å²) in [6, 6.07) is 19.2. The Labute approximate surface area is 288 Å². The molecule has 3 N–H and O–H groups in total. The number of ether oxygens (including phenoxy) is 1. The van der Waals surface area contributed by atoms with Crippen molar-refractivity contribution in [2.75, 3.05) is 49.2 Å². The van der Waals surface area contributed by atoms with Gasteiger partial charge in [0.1, 0.15) is 0 Å². The molecule has 4 aromatic rings. The molecule has 10 nitrogen and oxygen atoms in total. The van der Waals surface area contributed by atoms with Crippen LogP contribution in [0.3, 0.4) is 0 Å². The lowest BCUT2D eigenvalue weighted by atomic mass is 9.86. The molecule has 2 aliphatic heterocycles. The summed E-state index contributed by atoms with van der Waals surface area (Å²) in [5.74, 6) is -1.06. The molecule has 0 aliphatic carbocycles. The van der Waals surface area contributed by atoms with Gasteiger partial charge in [0.25, 0.3) is 0 Å². The van der Waals surface area contributed by atoms with Crippen LogP contribution in [-0.4, -0.2) is 65.9 Å². The highest BCUT2D eigenvalue weighted by atomic mass is 16.5. The molecule has 0 bridgehead atoms. The molecule has 3 aromatic carbocycles. The number of nitrogens with zero attached hydrogens (tertiary/aromatic N) is 3. The summed E-state index contributed by atoms with van der Waals surface area (Å²) >= 11 is 0. The number of methoxy groups -OCH3 is 1. The summed E-state index contributed by atoms with van der Waals surface area (Å²) in [7, 11) is 1.47. The van der Waals surface area contributed by atoms with Crippen molar-refractivity contribution in [2.24, 2.45) is 0 Å². The van der Waals surface area contributed by atoms with Crippen molar-refractivity contribution in [2.45, 2.75) is 64.8 Å². The number of fused-ring (bicyclic) bond motifs is 1. The second kappa shape index (κ2) is 14.7. The van der Waals surface area contributed by atoms with Crippen LogP contribution >= 0.6 is 0 Å². The monoisotopic (exact) mass is 662 g/mol. The zero-order chi connectivity index (χ0) is 34.5. The smallest absolute Gasteiger partial charge is 0.323 e. The van der Waals surface area contributed by atoms with Gasteiger partial charge in [0.05, 0.1) is 29.9 Å². The Morgan fingerprint density at radius 3 is 2.08 bits per heavy atom. The van der Waals surface area contributed by atoms with Gasteiger partial charge in [-0.2, -0.15) is 0 Å². The fourth-order valence-corrected chi connectivity index (χ4v) is 6.67. The second-order valence-electron chi connectivity index (χ2n) is 14.0. The van der Waals surface area contributed by atoms with Gasteiger partial charge < -0.3 is 25.6 Å². The second-order valence-corrected chi connectivity index (χ2v) is 14.0. The minimum atomic E-state index is -0.736. The van der Waals surface area contributed by atoms with Crippen molar-refractivity contribution < 1.29 is 19.1 Å². The maximum Gasteiger partial charge on any atom is 0.323 e. The first-order chi connectivity index (χ1) is 23.6. The lowest BCUT2D eigenvalue weighted by molar-refractivity contribution is -0.142. The molecular formula is C39H46N6O4. The van der Waals surface area contributed by atoms with E-state index in [2.05, 4.69) is 33.0 Å². The largest absolute Gasteiger partial charge is 0.492 e. The summed E-state index contributed by atoms with van der Waals surface area (Å²) < 4.78 is 5.70. The summed E-state index contributed by atoms with van der Waals surface area (Å²) in [5, 5.41) is 10.6. The van der Waals surface area contributed by atoms with Crippen molar-refractivity contribution >= 4 is 45.7 Å². The number of anilines is 3. The Morgan fingerprint density at radius 1 is 0.776 bits per heavy atom. The van der Waals surface area contributed by atoms with Crippen LogP contribution in [0.4, 0.5) is 21.9 Å². The number of likely N-dealkylation sites (tertiary alicyclic amines) is 2. The van der Waals surface area contributed by atoms with E-state index in [-0.39, 0.29) is 11.2 Å². The number of hydrogen-bond donors (Lipinski definition) is 3. The first-order valence-corrected chi connectivity index (χ1v) is 17.2. The SMILES string of the molecule is COc1c(NC(=O)Nc2ccc(-c3ccc(CN4CCCCC4)nc3)c3ccccc23)cc(C(C)(C)C)cc1NC(=O)C(=O)N1CCCC1. The number of urea groups is 1. The molecule has 3 heterocycles. The van der Waals surface area contributed by atoms with Crippen LogP contribution < -0.4 is 20.7 Å². The highest BCUT2D eigenvalue weighted by molar-refractivity contribution is 6.39. The van der Waals surface area contributed by atoms with Crippen LogP contribution in [0, 0.1) is 0 Å². The number of rotatable bonds is 7. The average molecular weight is 663 g/mol. The molecule has 2 aliphatic rings. The molecule has 0 saturated carbocycles. The van der Waals surface area contributed by atoms with Gasteiger partial charge in [-0.3, -0.25) is 19.5 Å². The Bertz CT molecular complexity index is 1840. The third-order valence-electron chi connectivity index (χ3n) is 9.39. The van der Waals surface area contributed by atoms with E-state index in [0.717, 1.165) is 65.6 Å². The van der Waals surface area contributed by atoms with E-state index in [1.54, 1.807) is 11.0 Å². The van der Waals surface area contributed by atoms with Crippen LogP contribution in [0.15, 0.2) is 66.9 Å². The molecule has 2 saturated heterocycles. The topological polar surface area (TPSA) is 116 Å². The first kappa shape index (κ1) is 33.9. The summed E-state index contributed by atoms with van der Waals surface area (Å²) in [6.07, 6.45) is 7.51. The van der Waals surface area contributed by atoms with Crippen LogP contribution in [0.1, 0.15) is 64.1 Å². The van der Waals surface area contributed by atoms with E-state index < -0.39 is 17.8 Å². The first-order valence-electron chi connectivity index (χ1n) is 17.2. The maximum absolute atomic E-state index is 13.6. The van der Waals surface area contributed by atoms with E-state index >= 15 is 0 Å². The van der Waals surface area contributed by atoms with Gasteiger partial charge in [-0.1, -0.05) is 63.6 Å². The standard InChI is InChI=1S/C39H46N6O4/c1-39(2,3)27-22-33(41-36(46)37(47)45-20-10-11-21-45)35(49-4)34(23-27)43-38(48)42-32-17-16-29(30-12-6-7-13-31(30)32)26-14-15-28(40-24-26)25-44-18-8-5-9-19-44/h6-7,12-17,22-24H,5,8-11,18-21,25H2,1-4H3,(H,41,46)(H2,42,43,48). The number of amides is 4. The third kappa shape index (κ3) is 7.86. The lowest BCUT2D eigenvalue weighted by Gasteiger charge is -2.25. The molecule has 0 radical (unpaired) electrons. The molecule has 0 atom stereocenters. The summed E-state index contributed by atoms with van der Waals surface area (Å²) in [6.45, 7) is 10.4. The van der Waals surface area contributed by atoms with E-state index in [1.807, 2.05) is 69.4 Å². The molecule has 6 rings (SSSR count). The van der Waals surface area contributed by atoms with Crippen molar-refractivity contribution in [1.29, 1.82) is 0 Å². The van der Waals surface area contributed by atoms with Crippen LogP contribution in [0.25, 0.3) is 21.9 Å². The molecule has 2 fully saturated rings. The van der Waals surface area contributed by atoms with Gasteiger partial charge in [0, 0.05) is 36.8 Å². The molecule has 0 spiro atoms. The normalized spacial score (nSPS) is 15.2. The molecule has 1 aromatic heterocycles. The minimum Gasteiger partial charge on any atom is -0.492 e. The van der Waals surface area contributed by atoms with E-state index in [9.17, 15) is 14.4 Å². The third-order valence-corrected chi connectivity index (χ3v) is 9.39. The molecule has 256 valence electrons. The molecule has 49 heavy (non-hydrogen) atoms. The van der Waals surface area contributed by atoms with Gasteiger partial charge >= 0.3 is 17.8 Å². The lowest BCUT2D eigenvalue weighted by Crippen LogP contribution is -2.37. The number of piperidine rings is 1. The number of hydrogen-bond acceptors (Lipinski definition) is 6. The Kier molecular flexibility index (Phi) is 10.1. The maximum atomic E-state index is 13.6. The highest BCUT2D eigenvalue weighted by Crippen LogP contribution is 2.39. The van der Waals surface area contributed by atoms with Crippen LogP contribution in [0.5, 0.6) is 5.75 Å². The van der Waals surface area contributed by atoms with Crippen LogP contribution in [0.2, 0.25) is 0 Å². The number of carbonyl (C=O) groups is 3.